The molecule has 1 aromatic carbocycles. The van der Waals surface area contributed by atoms with Gasteiger partial charge in [0.25, 0.3) is 5.97 Å². The number of Topliss-reactive ketones (excluding diaryl/α,β-unsaturated/α-hetero) is 1. The van der Waals surface area contributed by atoms with E-state index in [1.807, 2.05) is 18.2 Å². The van der Waals surface area contributed by atoms with E-state index in [1.54, 1.807) is 12.1 Å². The summed E-state index contributed by atoms with van der Waals surface area (Å²) in [5, 5.41) is 26.0. The van der Waals surface area contributed by atoms with Crippen LogP contribution in [0.5, 0.6) is 0 Å². The molecule has 0 saturated carbocycles. The van der Waals surface area contributed by atoms with Gasteiger partial charge in [0.05, 0.1) is 0 Å². The van der Waals surface area contributed by atoms with E-state index in [1.165, 1.54) is 0 Å². The van der Waals surface area contributed by atoms with Crippen molar-refractivity contribution in [1.29, 1.82) is 0 Å². The van der Waals surface area contributed by atoms with Crippen LogP contribution in [0.4, 0.5) is 0 Å². The minimum atomic E-state index is -2.56. The third-order valence-electron chi connectivity index (χ3n) is 2.76. The van der Waals surface area contributed by atoms with Crippen LogP contribution in [0.15, 0.2) is 30.3 Å². The summed E-state index contributed by atoms with van der Waals surface area (Å²) in [6.45, 7) is 0. The molecule has 0 aliphatic rings. The normalized spacial score (nSPS) is 11.5. The summed E-state index contributed by atoms with van der Waals surface area (Å²) >= 11 is 0. The third-order valence-corrected chi connectivity index (χ3v) is 2.76. The van der Waals surface area contributed by atoms with Crippen molar-refractivity contribution >= 4 is 5.78 Å². The van der Waals surface area contributed by atoms with E-state index in [2.05, 4.69) is 0 Å². The van der Waals surface area contributed by atoms with Crippen molar-refractivity contribution in [2.75, 3.05) is 0 Å². The number of ketones is 1. The Hall–Kier alpha value is -1.23. The van der Waals surface area contributed by atoms with Gasteiger partial charge >= 0.3 is 0 Å². The van der Waals surface area contributed by atoms with Crippen molar-refractivity contribution in [2.24, 2.45) is 0 Å². The van der Waals surface area contributed by atoms with Crippen molar-refractivity contribution < 1.29 is 20.1 Å². The summed E-state index contributed by atoms with van der Waals surface area (Å²) in [5.41, 5.74) is 0.734. The van der Waals surface area contributed by atoms with Crippen molar-refractivity contribution in [3.63, 3.8) is 0 Å². The molecule has 0 aromatic heterocycles. The molecule has 0 unspecified atom stereocenters. The maximum atomic E-state index is 11.7. The first kappa shape index (κ1) is 14.8. The largest absolute Gasteiger partial charge is 0.344 e. The fraction of sp³-hybridized carbons (Fsp3) is 0.500. The van der Waals surface area contributed by atoms with Crippen molar-refractivity contribution in [3.8, 4) is 0 Å². The highest BCUT2D eigenvalue weighted by Gasteiger charge is 2.16. The van der Waals surface area contributed by atoms with Crippen LogP contribution in [-0.2, 0) is 0 Å². The smallest absolute Gasteiger partial charge is 0.275 e. The molecular weight excluding hydrogens is 232 g/mol. The lowest BCUT2D eigenvalue weighted by atomic mass is 10.0. The molecule has 0 fully saturated rings. The molecule has 0 heterocycles. The van der Waals surface area contributed by atoms with E-state index in [9.17, 15) is 4.79 Å². The summed E-state index contributed by atoms with van der Waals surface area (Å²) in [6.07, 6.45) is 3.37. The Labute approximate surface area is 107 Å². The van der Waals surface area contributed by atoms with Gasteiger partial charge in [0, 0.05) is 18.4 Å². The molecule has 0 amide bonds. The standard InChI is InChI=1S/C14H20O4/c15-13(12-8-4-3-5-9-12)10-6-1-2-7-11-14(16,17)18/h3-5,8-9,16-18H,1-2,6-7,10-11H2. The van der Waals surface area contributed by atoms with Gasteiger partial charge in [0.2, 0.25) is 0 Å². The van der Waals surface area contributed by atoms with Crippen LogP contribution >= 0.6 is 0 Å². The fourth-order valence-electron chi connectivity index (χ4n) is 1.77. The molecule has 4 nitrogen and oxygen atoms in total. The number of carbonyl (C=O) groups is 1. The van der Waals surface area contributed by atoms with Gasteiger partial charge in [-0.3, -0.25) is 4.79 Å². The van der Waals surface area contributed by atoms with Crippen LogP contribution < -0.4 is 0 Å². The number of rotatable bonds is 8. The van der Waals surface area contributed by atoms with E-state index in [0.29, 0.717) is 12.8 Å². The molecule has 0 atom stereocenters. The first-order valence-electron chi connectivity index (χ1n) is 6.24. The van der Waals surface area contributed by atoms with Crippen LogP contribution in [0.25, 0.3) is 0 Å². The molecule has 3 N–H and O–H groups in total. The van der Waals surface area contributed by atoms with Crippen molar-refractivity contribution in [3.05, 3.63) is 35.9 Å². The van der Waals surface area contributed by atoms with Gasteiger partial charge < -0.3 is 15.3 Å². The van der Waals surface area contributed by atoms with Gasteiger partial charge in [0.15, 0.2) is 5.78 Å². The number of hydrogen-bond acceptors (Lipinski definition) is 4. The average Bonchev–Trinajstić information content (AvgIpc) is 2.33. The van der Waals surface area contributed by atoms with Gasteiger partial charge in [-0.05, 0) is 12.8 Å². The zero-order valence-electron chi connectivity index (χ0n) is 10.4. The molecule has 0 aliphatic carbocycles. The Kier molecular flexibility index (Phi) is 5.98. The van der Waals surface area contributed by atoms with Gasteiger partial charge in [0.1, 0.15) is 0 Å². The first-order chi connectivity index (χ1) is 8.49. The Morgan fingerprint density at radius 3 is 2.17 bits per heavy atom. The lowest BCUT2D eigenvalue weighted by Gasteiger charge is -2.12. The summed E-state index contributed by atoms with van der Waals surface area (Å²) in [4.78, 5) is 11.7. The van der Waals surface area contributed by atoms with E-state index in [4.69, 9.17) is 15.3 Å². The highest BCUT2D eigenvalue weighted by molar-refractivity contribution is 5.95. The fourth-order valence-corrected chi connectivity index (χ4v) is 1.77. The number of benzene rings is 1. The minimum Gasteiger partial charge on any atom is -0.344 e. The van der Waals surface area contributed by atoms with Gasteiger partial charge in [-0.15, -0.1) is 0 Å². The molecule has 4 heteroatoms. The van der Waals surface area contributed by atoms with Crippen LogP contribution in [0.1, 0.15) is 48.9 Å². The first-order valence-corrected chi connectivity index (χ1v) is 6.24. The Bertz CT molecular complexity index is 354. The average molecular weight is 252 g/mol. The SMILES string of the molecule is O=C(CCCCCCC(O)(O)O)c1ccccc1. The molecule has 0 saturated heterocycles. The maximum Gasteiger partial charge on any atom is 0.275 e. The van der Waals surface area contributed by atoms with Gasteiger partial charge in [-0.2, -0.15) is 0 Å². The van der Waals surface area contributed by atoms with E-state index in [0.717, 1.165) is 24.8 Å². The monoisotopic (exact) mass is 252 g/mol. The Morgan fingerprint density at radius 2 is 1.56 bits per heavy atom. The molecule has 0 spiro atoms. The second-order valence-corrected chi connectivity index (χ2v) is 4.48. The summed E-state index contributed by atoms with van der Waals surface area (Å²) in [6, 6.07) is 9.18. The topological polar surface area (TPSA) is 77.8 Å². The molecule has 0 aliphatic heterocycles. The van der Waals surface area contributed by atoms with Crippen molar-refractivity contribution in [1.82, 2.24) is 0 Å². The summed E-state index contributed by atoms with van der Waals surface area (Å²) < 4.78 is 0. The lowest BCUT2D eigenvalue weighted by molar-refractivity contribution is -0.315. The second-order valence-electron chi connectivity index (χ2n) is 4.48. The number of hydrogen-bond donors (Lipinski definition) is 3. The highest BCUT2D eigenvalue weighted by Crippen LogP contribution is 2.12. The number of carbonyl (C=O) groups excluding carboxylic acids is 1. The predicted octanol–water partition coefficient (Wildman–Crippen LogP) is 1.84. The quantitative estimate of drug-likeness (QED) is 0.375. The lowest BCUT2D eigenvalue weighted by Crippen LogP contribution is -2.26. The molecule has 18 heavy (non-hydrogen) atoms. The number of aliphatic hydroxyl groups is 3. The van der Waals surface area contributed by atoms with Crippen LogP contribution in [0, 0.1) is 0 Å². The molecular formula is C14H20O4. The predicted molar refractivity (Wildman–Crippen MR) is 67.9 cm³/mol. The summed E-state index contributed by atoms with van der Waals surface area (Å²) in [5.74, 6) is -2.42. The second kappa shape index (κ2) is 7.26. The zero-order chi connectivity index (χ0) is 13.4. The Morgan fingerprint density at radius 1 is 0.944 bits per heavy atom. The molecule has 0 radical (unpaired) electrons. The highest BCUT2D eigenvalue weighted by atomic mass is 16.7. The zero-order valence-corrected chi connectivity index (χ0v) is 10.4. The van der Waals surface area contributed by atoms with E-state index in [-0.39, 0.29) is 12.2 Å². The van der Waals surface area contributed by atoms with E-state index >= 15 is 0 Å². The minimum absolute atomic E-state index is 0.0559. The number of unbranched alkanes of at least 4 members (excludes halogenated alkanes) is 3. The van der Waals surface area contributed by atoms with Crippen LogP contribution in [-0.4, -0.2) is 27.1 Å². The van der Waals surface area contributed by atoms with Crippen LogP contribution in [0.2, 0.25) is 0 Å². The van der Waals surface area contributed by atoms with Gasteiger partial charge in [-0.1, -0.05) is 43.2 Å². The van der Waals surface area contributed by atoms with E-state index < -0.39 is 5.97 Å². The summed E-state index contributed by atoms with van der Waals surface area (Å²) in [7, 11) is 0. The Balaban J connectivity index is 2.10. The molecule has 100 valence electrons. The third kappa shape index (κ3) is 6.49. The maximum absolute atomic E-state index is 11.7. The molecule has 1 aromatic rings. The molecule has 0 bridgehead atoms. The molecule has 1 rings (SSSR count). The van der Waals surface area contributed by atoms with Crippen LogP contribution in [0.3, 0.4) is 0 Å². The van der Waals surface area contributed by atoms with Crippen molar-refractivity contribution in [2.45, 2.75) is 44.5 Å². The van der Waals surface area contributed by atoms with Gasteiger partial charge in [-0.25, -0.2) is 0 Å².